The summed E-state index contributed by atoms with van der Waals surface area (Å²) in [6.45, 7) is -0.704. The average Bonchev–Trinajstić information content (AvgIpc) is 3.07. The molecular weight excluding hydrogens is 340 g/mol. The van der Waals surface area contributed by atoms with Gasteiger partial charge in [0, 0.05) is 36.4 Å². The summed E-state index contributed by atoms with van der Waals surface area (Å²) in [6, 6.07) is 4.33. The first kappa shape index (κ1) is 16.8. The Bertz CT molecular complexity index is 822. The van der Waals surface area contributed by atoms with Crippen LogP contribution in [0.3, 0.4) is 0 Å². The van der Waals surface area contributed by atoms with E-state index in [9.17, 15) is 17.2 Å². The van der Waals surface area contributed by atoms with E-state index in [2.05, 4.69) is 10.2 Å². The smallest absolute Gasteiger partial charge is 0.261 e. The SMILES string of the molecule is COc1cc(S(=O)(=O)N2CCCC(F)(F)C2)ccc1-c1cn[nH]c1. The van der Waals surface area contributed by atoms with E-state index in [-0.39, 0.29) is 24.3 Å². The van der Waals surface area contributed by atoms with Gasteiger partial charge in [-0.25, -0.2) is 17.2 Å². The number of nitrogens with one attached hydrogen (secondary N) is 1. The zero-order chi connectivity index (χ0) is 17.4. The molecule has 24 heavy (non-hydrogen) atoms. The maximum atomic E-state index is 13.6. The molecule has 6 nitrogen and oxygen atoms in total. The van der Waals surface area contributed by atoms with E-state index in [0.717, 1.165) is 9.87 Å². The first-order chi connectivity index (χ1) is 11.3. The van der Waals surface area contributed by atoms with Crippen molar-refractivity contribution in [2.75, 3.05) is 20.2 Å². The summed E-state index contributed by atoms with van der Waals surface area (Å²) in [6.07, 6.45) is 3.08. The van der Waals surface area contributed by atoms with E-state index in [1.807, 2.05) is 0 Å². The predicted octanol–water partition coefficient (Wildman–Crippen LogP) is 2.51. The number of sulfonamides is 1. The molecule has 1 aliphatic heterocycles. The molecule has 0 aliphatic carbocycles. The summed E-state index contributed by atoms with van der Waals surface area (Å²) in [7, 11) is -2.58. The first-order valence-corrected chi connectivity index (χ1v) is 8.83. The molecule has 130 valence electrons. The Morgan fingerprint density at radius 3 is 2.79 bits per heavy atom. The normalized spacial score (nSPS) is 18.5. The summed E-state index contributed by atoms with van der Waals surface area (Å²) in [5.41, 5.74) is 1.40. The topological polar surface area (TPSA) is 75.3 Å². The van der Waals surface area contributed by atoms with Gasteiger partial charge in [0.2, 0.25) is 10.0 Å². The molecule has 2 aromatic rings. The van der Waals surface area contributed by atoms with Gasteiger partial charge in [0.15, 0.2) is 0 Å². The third-order valence-electron chi connectivity index (χ3n) is 3.98. The second-order valence-corrected chi connectivity index (χ2v) is 7.59. The zero-order valence-electron chi connectivity index (χ0n) is 13.0. The molecule has 1 aromatic heterocycles. The molecule has 0 radical (unpaired) electrons. The number of rotatable bonds is 4. The number of hydrogen-bond acceptors (Lipinski definition) is 4. The second kappa shape index (κ2) is 6.14. The number of benzene rings is 1. The number of nitrogens with zero attached hydrogens (tertiary/aromatic N) is 2. The number of aromatic nitrogens is 2. The Labute approximate surface area is 138 Å². The van der Waals surface area contributed by atoms with Gasteiger partial charge >= 0.3 is 0 Å². The van der Waals surface area contributed by atoms with Crippen molar-refractivity contribution in [1.82, 2.24) is 14.5 Å². The van der Waals surface area contributed by atoms with E-state index in [0.29, 0.717) is 11.3 Å². The summed E-state index contributed by atoms with van der Waals surface area (Å²) in [5, 5.41) is 6.51. The molecule has 0 bridgehead atoms. The molecule has 0 spiro atoms. The monoisotopic (exact) mass is 357 g/mol. The number of halogens is 2. The van der Waals surface area contributed by atoms with Gasteiger partial charge in [0.1, 0.15) is 5.75 Å². The van der Waals surface area contributed by atoms with Crippen LogP contribution in [0.1, 0.15) is 12.8 Å². The fraction of sp³-hybridized carbons (Fsp3) is 0.400. The predicted molar refractivity (Wildman–Crippen MR) is 83.5 cm³/mol. The lowest BCUT2D eigenvalue weighted by atomic mass is 10.1. The molecular formula is C15H17F2N3O3S. The van der Waals surface area contributed by atoms with Crippen LogP contribution in [0, 0.1) is 0 Å². The van der Waals surface area contributed by atoms with Gasteiger partial charge in [-0.05, 0) is 18.6 Å². The zero-order valence-corrected chi connectivity index (χ0v) is 13.8. The van der Waals surface area contributed by atoms with Crippen LogP contribution in [-0.2, 0) is 10.0 Å². The van der Waals surface area contributed by atoms with Gasteiger partial charge in [0.05, 0.1) is 24.7 Å². The van der Waals surface area contributed by atoms with Gasteiger partial charge in [-0.1, -0.05) is 0 Å². The van der Waals surface area contributed by atoms with Crippen LogP contribution in [0.15, 0.2) is 35.5 Å². The number of piperidine rings is 1. The highest BCUT2D eigenvalue weighted by atomic mass is 32.2. The number of methoxy groups -OCH3 is 1. The number of H-pyrrole nitrogens is 1. The lowest BCUT2D eigenvalue weighted by Gasteiger charge is -2.31. The highest BCUT2D eigenvalue weighted by molar-refractivity contribution is 7.89. The maximum absolute atomic E-state index is 13.6. The Morgan fingerprint density at radius 1 is 1.38 bits per heavy atom. The summed E-state index contributed by atoms with van der Waals surface area (Å²) in [5.74, 6) is -2.66. The highest BCUT2D eigenvalue weighted by Crippen LogP contribution is 2.34. The lowest BCUT2D eigenvalue weighted by Crippen LogP contribution is -2.45. The number of aromatic amines is 1. The van der Waals surface area contributed by atoms with E-state index in [1.54, 1.807) is 18.5 Å². The van der Waals surface area contributed by atoms with Crippen molar-refractivity contribution in [3.05, 3.63) is 30.6 Å². The Hall–Kier alpha value is -2.00. The molecule has 1 aliphatic rings. The second-order valence-electron chi connectivity index (χ2n) is 5.65. The van der Waals surface area contributed by atoms with Gasteiger partial charge in [-0.3, -0.25) is 5.10 Å². The van der Waals surface area contributed by atoms with Crippen molar-refractivity contribution < 1.29 is 21.9 Å². The van der Waals surface area contributed by atoms with Crippen molar-refractivity contribution in [3.63, 3.8) is 0 Å². The largest absolute Gasteiger partial charge is 0.496 e. The van der Waals surface area contributed by atoms with Crippen molar-refractivity contribution >= 4 is 10.0 Å². The lowest BCUT2D eigenvalue weighted by molar-refractivity contribution is -0.0434. The van der Waals surface area contributed by atoms with E-state index >= 15 is 0 Å². The number of hydrogen-bond donors (Lipinski definition) is 1. The van der Waals surface area contributed by atoms with E-state index in [4.69, 9.17) is 4.74 Å². The van der Waals surface area contributed by atoms with Gasteiger partial charge < -0.3 is 4.74 Å². The minimum absolute atomic E-state index is 0.0655. The highest BCUT2D eigenvalue weighted by Gasteiger charge is 2.40. The minimum atomic E-state index is -4.00. The fourth-order valence-corrected chi connectivity index (χ4v) is 4.28. The molecule has 1 fully saturated rings. The van der Waals surface area contributed by atoms with Gasteiger partial charge in [0.25, 0.3) is 5.92 Å². The molecule has 0 amide bonds. The van der Waals surface area contributed by atoms with E-state index < -0.39 is 22.5 Å². The minimum Gasteiger partial charge on any atom is -0.496 e. The van der Waals surface area contributed by atoms with Crippen LogP contribution in [0.2, 0.25) is 0 Å². The quantitative estimate of drug-likeness (QED) is 0.912. The third-order valence-corrected chi connectivity index (χ3v) is 5.82. The van der Waals surface area contributed by atoms with Crippen LogP contribution >= 0.6 is 0 Å². The van der Waals surface area contributed by atoms with Gasteiger partial charge in [-0.15, -0.1) is 0 Å². The summed E-state index contributed by atoms with van der Waals surface area (Å²) >= 11 is 0. The Balaban J connectivity index is 1.97. The molecule has 2 heterocycles. The van der Waals surface area contributed by atoms with Crippen molar-refractivity contribution in [1.29, 1.82) is 0 Å². The molecule has 3 rings (SSSR count). The van der Waals surface area contributed by atoms with Crippen LogP contribution in [0.4, 0.5) is 8.78 Å². The molecule has 1 N–H and O–H groups in total. The van der Waals surface area contributed by atoms with Crippen molar-refractivity contribution in [2.24, 2.45) is 0 Å². The maximum Gasteiger partial charge on any atom is 0.261 e. The van der Waals surface area contributed by atoms with Crippen molar-refractivity contribution in [2.45, 2.75) is 23.7 Å². The molecule has 0 unspecified atom stereocenters. The number of ether oxygens (including phenoxy) is 1. The fourth-order valence-electron chi connectivity index (χ4n) is 2.75. The van der Waals surface area contributed by atoms with Crippen LogP contribution in [0.25, 0.3) is 11.1 Å². The third kappa shape index (κ3) is 3.13. The molecule has 0 atom stereocenters. The van der Waals surface area contributed by atoms with Crippen molar-refractivity contribution in [3.8, 4) is 16.9 Å². The molecule has 1 aromatic carbocycles. The summed E-state index contributed by atoms with van der Waals surface area (Å²) in [4.78, 5) is -0.0655. The Kier molecular flexibility index (Phi) is 4.31. The van der Waals surface area contributed by atoms with E-state index in [1.165, 1.54) is 19.2 Å². The summed E-state index contributed by atoms with van der Waals surface area (Å²) < 4.78 is 58.5. The first-order valence-electron chi connectivity index (χ1n) is 7.39. The molecule has 0 saturated carbocycles. The van der Waals surface area contributed by atoms with Crippen LogP contribution in [0.5, 0.6) is 5.75 Å². The number of alkyl halides is 2. The molecule has 9 heteroatoms. The average molecular weight is 357 g/mol. The van der Waals surface area contributed by atoms with Crippen LogP contribution < -0.4 is 4.74 Å². The van der Waals surface area contributed by atoms with Crippen LogP contribution in [-0.4, -0.2) is 49.0 Å². The van der Waals surface area contributed by atoms with Gasteiger partial charge in [-0.2, -0.15) is 9.40 Å². The standard InChI is InChI=1S/C15H17F2N3O3S/c1-23-14-7-12(3-4-13(14)11-8-18-19-9-11)24(21,22)20-6-2-5-15(16,17)10-20/h3-4,7-9H,2,5-6,10H2,1H3,(H,18,19). The molecule has 1 saturated heterocycles. The Morgan fingerprint density at radius 2 is 2.17 bits per heavy atom.